The first kappa shape index (κ1) is 12.4. The molecule has 2 heterocycles. The molecule has 5 nitrogen and oxygen atoms in total. The molecule has 0 fully saturated rings. The van der Waals surface area contributed by atoms with Gasteiger partial charge in [-0.15, -0.1) is 10.2 Å². The Morgan fingerprint density at radius 1 is 1.33 bits per heavy atom. The Morgan fingerprint density at radius 2 is 2.11 bits per heavy atom. The number of pyridine rings is 1. The van der Waals surface area contributed by atoms with Crippen molar-refractivity contribution in [3.63, 3.8) is 0 Å². The van der Waals surface area contributed by atoms with Gasteiger partial charge in [-0.2, -0.15) is 13.2 Å². The first-order valence-corrected chi connectivity index (χ1v) is 5.45. The van der Waals surface area contributed by atoms with Gasteiger partial charge in [0.15, 0.2) is 0 Å². The van der Waals surface area contributed by atoms with E-state index >= 15 is 0 Å². The highest BCUT2D eigenvalue weighted by Gasteiger charge is 2.32. The van der Waals surface area contributed by atoms with Crippen molar-refractivity contribution in [2.45, 2.75) is 6.18 Å². The molecule has 18 heavy (non-hydrogen) atoms. The van der Waals surface area contributed by atoms with E-state index in [1.54, 1.807) is 0 Å². The van der Waals surface area contributed by atoms with Gasteiger partial charge in [0.1, 0.15) is 11.2 Å². The zero-order chi connectivity index (χ0) is 13.2. The smallest absolute Gasteiger partial charge is 0.296 e. The number of nitrogens with zero attached hydrogens (tertiary/aromatic N) is 3. The molecule has 2 rings (SSSR count). The summed E-state index contributed by atoms with van der Waals surface area (Å²) in [4.78, 5) is 14.8. The molecule has 0 atom stereocenters. The van der Waals surface area contributed by atoms with Gasteiger partial charge < -0.3 is 0 Å². The van der Waals surface area contributed by atoms with Crippen molar-refractivity contribution in [2.24, 2.45) is 0 Å². The Labute approximate surface area is 103 Å². The molecule has 2 aromatic heterocycles. The SMILES string of the molecule is O=C(Nc1nncs1)c1ccc(C(F)(F)F)nc1. The van der Waals surface area contributed by atoms with Gasteiger partial charge in [0.25, 0.3) is 5.91 Å². The van der Waals surface area contributed by atoms with Crippen LogP contribution in [0, 0.1) is 0 Å². The molecule has 0 spiro atoms. The van der Waals surface area contributed by atoms with Gasteiger partial charge in [0.2, 0.25) is 5.13 Å². The Morgan fingerprint density at radius 3 is 2.61 bits per heavy atom. The normalized spacial score (nSPS) is 11.3. The van der Waals surface area contributed by atoms with Crippen molar-refractivity contribution in [2.75, 3.05) is 5.32 Å². The fraction of sp³-hybridized carbons (Fsp3) is 0.111. The van der Waals surface area contributed by atoms with Crippen molar-refractivity contribution in [1.29, 1.82) is 0 Å². The minimum Gasteiger partial charge on any atom is -0.296 e. The van der Waals surface area contributed by atoms with Crippen LogP contribution in [0.25, 0.3) is 0 Å². The summed E-state index contributed by atoms with van der Waals surface area (Å²) >= 11 is 1.10. The maximum atomic E-state index is 12.2. The predicted octanol–water partition coefficient (Wildman–Crippen LogP) is 2.20. The first-order valence-electron chi connectivity index (χ1n) is 4.57. The van der Waals surface area contributed by atoms with Gasteiger partial charge in [-0.25, -0.2) is 0 Å². The van der Waals surface area contributed by atoms with Crippen molar-refractivity contribution in [1.82, 2.24) is 15.2 Å². The molecule has 0 bridgehead atoms. The molecule has 9 heteroatoms. The number of rotatable bonds is 2. The van der Waals surface area contributed by atoms with Gasteiger partial charge in [-0.3, -0.25) is 15.1 Å². The van der Waals surface area contributed by atoms with Crippen molar-refractivity contribution < 1.29 is 18.0 Å². The maximum absolute atomic E-state index is 12.2. The lowest BCUT2D eigenvalue weighted by molar-refractivity contribution is -0.141. The van der Waals surface area contributed by atoms with E-state index in [2.05, 4.69) is 20.5 Å². The van der Waals surface area contributed by atoms with E-state index in [4.69, 9.17) is 0 Å². The number of nitrogens with one attached hydrogen (secondary N) is 1. The van der Waals surface area contributed by atoms with Crippen molar-refractivity contribution in [3.05, 3.63) is 35.1 Å². The van der Waals surface area contributed by atoms with Gasteiger partial charge in [-0.05, 0) is 12.1 Å². The van der Waals surface area contributed by atoms with Gasteiger partial charge in [0, 0.05) is 6.20 Å². The first-order chi connectivity index (χ1) is 8.47. The third kappa shape index (κ3) is 2.80. The van der Waals surface area contributed by atoms with Crippen LogP contribution in [0.5, 0.6) is 0 Å². The largest absolute Gasteiger partial charge is 0.433 e. The molecule has 0 radical (unpaired) electrons. The van der Waals surface area contributed by atoms with E-state index in [1.165, 1.54) is 5.51 Å². The average molecular weight is 274 g/mol. The fourth-order valence-corrected chi connectivity index (χ4v) is 1.53. The van der Waals surface area contributed by atoms with Crippen LogP contribution < -0.4 is 5.32 Å². The Hall–Kier alpha value is -2.03. The van der Waals surface area contributed by atoms with Crippen LogP contribution in [0.3, 0.4) is 0 Å². The van der Waals surface area contributed by atoms with Gasteiger partial charge >= 0.3 is 6.18 Å². The quantitative estimate of drug-likeness (QED) is 0.911. The lowest BCUT2D eigenvalue weighted by Gasteiger charge is -2.06. The Balaban J connectivity index is 2.12. The fourth-order valence-electron chi connectivity index (χ4n) is 1.09. The van der Waals surface area contributed by atoms with Crippen molar-refractivity contribution in [3.8, 4) is 0 Å². The van der Waals surface area contributed by atoms with E-state index < -0.39 is 17.8 Å². The molecule has 2 aromatic rings. The highest BCUT2D eigenvalue weighted by atomic mass is 32.1. The Bertz CT molecular complexity index is 538. The van der Waals surface area contributed by atoms with E-state index in [-0.39, 0.29) is 10.7 Å². The Kier molecular flexibility index (Phi) is 3.24. The van der Waals surface area contributed by atoms with Crippen LogP contribution in [-0.2, 0) is 6.18 Å². The molecular weight excluding hydrogens is 269 g/mol. The van der Waals surface area contributed by atoms with Gasteiger partial charge in [-0.1, -0.05) is 11.3 Å². The molecule has 94 valence electrons. The van der Waals surface area contributed by atoms with E-state index in [1.807, 2.05) is 0 Å². The molecule has 0 aliphatic rings. The summed E-state index contributed by atoms with van der Waals surface area (Å²) in [6.07, 6.45) is -3.66. The molecule has 1 amide bonds. The second-order valence-electron chi connectivity index (χ2n) is 3.13. The van der Waals surface area contributed by atoms with E-state index in [9.17, 15) is 18.0 Å². The summed E-state index contributed by atoms with van der Waals surface area (Å²) < 4.78 is 36.7. The standard InChI is InChI=1S/C9H5F3N4OS/c10-9(11,12)6-2-1-5(3-13-6)7(17)15-8-16-14-4-18-8/h1-4H,(H,15,16,17). The highest BCUT2D eigenvalue weighted by Crippen LogP contribution is 2.27. The summed E-state index contributed by atoms with van der Waals surface area (Å²) in [5.74, 6) is -0.590. The third-order valence-electron chi connectivity index (χ3n) is 1.90. The van der Waals surface area contributed by atoms with Crippen molar-refractivity contribution >= 4 is 22.4 Å². The number of alkyl halides is 3. The molecule has 0 saturated carbocycles. The second kappa shape index (κ2) is 4.69. The number of aromatic nitrogens is 3. The number of halogens is 3. The number of anilines is 1. The molecular formula is C9H5F3N4OS. The summed E-state index contributed by atoms with van der Waals surface area (Å²) in [6, 6.07) is 1.79. The molecule has 0 aliphatic heterocycles. The molecule has 0 aromatic carbocycles. The van der Waals surface area contributed by atoms with Crippen LogP contribution >= 0.6 is 11.3 Å². The number of carbonyl (C=O) groups excluding carboxylic acids is 1. The zero-order valence-electron chi connectivity index (χ0n) is 8.60. The minimum absolute atomic E-state index is 0.0122. The van der Waals surface area contributed by atoms with Crippen LogP contribution in [0.2, 0.25) is 0 Å². The summed E-state index contributed by atoms with van der Waals surface area (Å²) in [5, 5.41) is 9.72. The number of hydrogen-bond acceptors (Lipinski definition) is 5. The van der Waals surface area contributed by atoms with E-state index in [0.717, 1.165) is 29.7 Å². The lowest BCUT2D eigenvalue weighted by Crippen LogP contribution is -2.14. The summed E-state index contributed by atoms with van der Waals surface area (Å²) in [5.41, 5.74) is 0.383. The molecule has 1 N–H and O–H groups in total. The third-order valence-corrected chi connectivity index (χ3v) is 2.50. The molecule has 0 aliphatic carbocycles. The number of amides is 1. The summed E-state index contributed by atoms with van der Waals surface area (Å²) in [7, 11) is 0. The molecule has 0 unspecified atom stereocenters. The average Bonchev–Trinajstić information content (AvgIpc) is 2.81. The van der Waals surface area contributed by atoms with Crippen LogP contribution in [0.1, 0.15) is 16.1 Å². The van der Waals surface area contributed by atoms with Crippen LogP contribution in [-0.4, -0.2) is 21.1 Å². The second-order valence-corrected chi connectivity index (χ2v) is 3.96. The van der Waals surface area contributed by atoms with Gasteiger partial charge in [0.05, 0.1) is 5.56 Å². The summed E-state index contributed by atoms with van der Waals surface area (Å²) in [6.45, 7) is 0. The monoisotopic (exact) mass is 274 g/mol. The van der Waals surface area contributed by atoms with Crippen LogP contribution in [0.15, 0.2) is 23.8 Å². The topological polar surface area (TPSA) is 67.8 Å². The number of hydrogen-bond donors (Lipinski definition) is 1. The maximum Gasteiger partial charge on any atom is 0.433 e. The predicted molar refractivity (Wildman–Crippen MR) is 57.1 cm³/mol. The minimum atomic E-state index is -4.52. The van der Waals surface area contributed by atoms with E-state index in [0.29, 0.717) is 0 Å². The molecule has 0 saturated heterocycles. The lowest BCUT2D eigenvalue weighted by atomic mass is 10.2. The van der Waals surface area contributed by atoms with Crippen LogP contribution in [0.4, 0.5) is 18.3 Å². The highest BCUT2D eigenvalue weighted by molar-refractivity contribution is 7.13. The zero-order valence-corrected chi connectivity index (χ0v) is 9.42. The number of carbonyl (C=O) groups is 1.